The minimum Gasteiger partial charge on any atom is -0.330 e. The molecule has 0 aromatic carbocycles. The third kappa shape index (κ3) is 3.05. The van der Waals surface area contributed by atoms with Crippen LogP contribution < -0.4 is 5.73 Å². The molecule has 1 heteroatoms. The van der Waals surface area contributed by atoms with Crippen LogP contribution in [0.25, 0.3) is 0 Å². The van der Waals surface area contributed by atoms with Crippen molar-refractivity contribution < 1.29 is 0 Å². The second-order valence-corrected chi connectivity index (χ2v) is 9.10. The van der Waals surface area contributed by atoms with Crippen molar-refractivity contribution in [2.75, 3.05) is 6.54 Å². The monoisotopic (exact) mass is 293 g/mol. The van der Waals surface area contributed by atoms with Crippen molar-refractivity contribution in [2.45, 2.75) is 61.3 Å². The molecule has 0 aliphatic heterocycles. The van der Waals surface area contributed by atoms with Crippen molar-refractivity contribution in [3.63, 3.8) is 0 Å². The molecule has 21 heavy (non-hydrogen) atoms. The van der Waals surface area contributed by atoms with Gasteiger partial charge in [0.2, 0.25) is 0 Å². The first-order chi connectivity index (χ1) is 9.79. The van der Waals surface area contributed by atoms with Crippen molar-refractivity contribution in [3.05, 3.63) is 0 Å². The Labute approximate surface area is 133 Å². The van der Waals surface area contributed by atoms with E-state index >= 15 is 0 Å². The minimum absolute atomic E-state index is 0.797. The Balaban J connectivity index is 1.97. The van der Waals surface area contributed by atoms with Crippen molar-refractivity contribution in [1.29, 1.82) is 0 Å². The maximum absolute atomic E-state index is 6.04. The zero-order valence-corrected chi connectivity index (χ0v) is 15.5. The number of rotatable bonds is 6. The van der Waals surface area contributed by atoms with Crippen molar-refractivity contribution in [2.24, 2.45) is 64.9 Å². The standard InChI is InChI=1S/C20H39N/c1-11(2)17-9-19(15(17)7)13(5)14(6)20-16(10-21)8-18(20)12(3)4/h11-20H,8-10,21H2,1-7H3. The lowest BCUT2D eigenvalue weighted by Gasteiger charge is -2.56. The van der Waals surface area contributed by atoms with Gasteiger partial charge in [-0.3, -0.25) is 0 Å². The van der Waals surface area contributed by atoms with Gasteiger partial charge in [0.25, 0.3) is 0 Å². The van der Waals surface area contributed by atoms with Gasteiger partial charge in [0.05, 0.1) is 0 Å². The van der Waals surface area contributed by atoms with Crippen LogP contribution in [0.2, 0.25) is 0 Å². The van der Waals surface area contributed by atoms with E-state index in [-0.39, 0.29) is 0 Å². The van der Waals surface area contributed by atoms with Gasteiger partial charge in [-0.15, -0.1) is 0 Å². The maximum atomic E-state index is 6.04. The van der Waals surface area contributed by atoms with Crippen LogP contribution in [0.4, 0.5) is 0 Å². The summed E-state index contributed by atoms with van der Waals surface area (Å²) < 4.78 is 0. The lowest BCUT2D eigenvalue weighted by atomic mass is 9.50. The van der Waals surface area contributed by atoms with E-state index in [1.165, 1.54) is 12.8 Å². The molecule has 0 radical (unpaired) electrons. The van der Waals surface area contributed by atoms with E-state index in [4.69, 9.17) is 5.73 Å². The lowest BCUT2D eigenvalue weighted by molar-refractivity contribution is -0.0671. The topological polar surface area (TPSA) is 26.0 Å². The fraction of sp³-hybridized carbons (Fsp3) is 1.00. The van der Waals surface area contributed by atoms with E-state index < -0.39 is 0 Å². The van der Waals surface area contributed by atoms with Gasteiger partial charge in [0.15, 0.2) is 0 Å². The molecule has 2 aliphatic carbocycles. The third-order valence-electron chi connectivity index (χ3n) is 7.64. The largest absolute Gasteiger partial charge is 0.330 e. The molecule has 0 bridgehead atoms. The Morgan fingerprint density at radius 3 is 1.81 bits per heavy atom. The summed E-state index contributed by atoms with van der Waals surface area (Å²) in [5.74, 6) is 8.87. The van der Waals surface area contributed by atoms with Crippen molar-refractivity contribution in [3.8, 4) is 0 Å². The highest BCUT2D eigenvalue weighted by Crippen LogP contribution is 2.55. The summed E-state index contributed by atoms with van der Waals surface area (Å²) in [7, 11) is 0. The first-order valence-corrected chi connectivity index (χ1v) is 9.49. The van der Waals surface area contributed by atoms with E-state index in [1.54, 1.807) is 0 Å². The summed E-state index contributed by atoms with van der Waals surface area (Å²) in [6, 6.07) is 0. The van der Waals surface area contributed by atoms with E-state index in [1.807, 2.05) is 0 Å². The van der Waals surface area contributed by atoms with Gasteiger partial charge in [-0.25, -0.2) is 0 Å². The molecule has 0 saturated heterocycles. The van der Waals surface area contributed by atoms with Crippen LogP contribution in [0.1, 0.15) is 61.3 Å². The molecule has 2 fully saturated rings. The summed E-state index contributed by atoms with van der Waals surface area (Å²) in [5.41, 5.74) is 6.04. The summed E-state index contributed by atoms with van der Waals surface area (Å²) >= 11 is 0. The van der Waals surface area contributed by atoms with Gasteiger partial charge in [-0.05, 0) is 78.6 Å². The van der Waals surface area contributed by atoms with Crippen LogP contribution in [0.5, 0.6) is 0 Å². The molecule has 8 atom stereocenters. The van der Waals surface area contributed by atoms with Gasteiger partial charge < -0.3 is 5.73 Å². The maximum Gasteiger partial charge on any atom is -0.00459 e. The Hall–Kier alpha value is -0.0400. The molecule has 2 rings (SSSR count). The molecule has 0 aromatic heterocycles. The molecule has 124 valence electrons. The highest BCUT2D eigenvalue weighted by molar-refractivity contribution is 4.98. The molecule has 0 amide bonds. The van der Waals surface area contributed by atoms with Gasteiger partial charge in [-0.2, -0.15) is 0 Å². The number of hydrogen-bond donors (Lipinski definition) is 1. The first kappa shape index (κ1) is 17.3. The predicted molar refractivity (Wildman–Crippen MR) is 92.9 cm³/mol. The van der Waals surface area contributed by atoms with Crippen LogP contribution >= 0.6 is 0 Å². The average molecular weight is 294 g/mol. The zero-order chi connectivity index (χ0) is 15.9. The SMILES string of the molecule is CC(C)C1CC(C(C)C(C)C2C(CN)CC2C(C)C)C1C. The fourth-order valence-electron chi connectivity index (χ4n) is 5.79. The quantitative estimate of drug-likeness (QED) is 0.728. The number of hydrogen-bond acceptors (Lipinski definition) is 1. The fourth-order valence-corrected chi connectivity index (χ4v) is 5.79. The zero-order valence-electron chi connectivity index (χ0n) is 15.5. The summed E-state index contributed by atoms with van der Waals surface area (Å²) in [4.78, 5) is 0. The van der Waals surface area contributed by atoms with Crippen LogP contribution in [0.3, 0.4) is 0 Å². The Morgan fingerprint density at radius 2 is 1.38 bits per heavy atom. The van der Waals surface area contributed by atoms with E-state index in [2.05, 4.69) is 48.5 Å². The second kappa shape index (κ2) is 6.60. The minimum atomic E-state index is 0.797. The Morgan fingerprint density at radius 1 is 0.810 bits per heavy atom. The van der Waals surface area contributed by atoms with E-state index in [0.717, 1.165) is 65.7 Å². The van der Waals surface area contributed by atoms with Crippen molar-refractivity contribution in [1.82, 2.24) is 0 Å². The molecular weight excluding hydrogens is 254 g/mol. The summed E-state index contributed by atoms with van der Waals surface area (Å²) in [6.45, 7) is 18.1. The second-order valence-electron chi connectivity index (χ2n) is 9.10. The molecule has 2 saturated carbocycles. The van der Waals surface area contributed by atoms with E-state index in [0.29, 0.717) is 0 Å². The van der Waals surface area contributed by atoms with E-state index in [9.17, 15) is 0 Å². The molecular formula is C20H39N. The Kier molecular flexibility index (Phi) is 5.45. The highest BCUT2D eigenvalue weighted by Gasteiger charge is 2.49. The number of nitrogens with two attached hydrogens (primary N) is 1. The average Bonchev–Trinajstić information content (AvgIpc) is 2.35. The molecule has 2 N–H and O–H groups in total. The van der Waals surface area contributed by atoms with Crippen LogP contribution in [0.15, 0.2) is 0 Å². The first-order valence-electron chi connectivity index (χ1n) is 9.49. The van der Waals surface area contributed by atoms with Crippen LogP contribution in [-0.2, 0) is 0 Å². The van der Waals surface area contributed by atoms with Crippen LogP contribution in [0, 0.1) is 59.2 Å². The molecule has 0 spiro atoms. The smallest absolute Gasteiger partial charge is 0.00459 e. The Bertz CT molecular complexity index is 335. The normalized spacial score (nSPS) is 42.6. The molecule has 1 nitrogen and oxygen atoms in total. The highest BCUT2D eigenvalue weighted by atomic mass is 14.6. The van der Waals surface area contributed by atoms with Crippen LogP contribution in [-0.4, -0.2) is 6.54 Å². The van der Waals surface area contributed by atoms with Crippen molar-refractivity contribution >= 4 is 0 Å². The summed E-state index contributed by atoms with van der Waals surface area (Å²) in [6.07, 6.45) is 2.85. The molecule has 2 aliphatic rings. The van der Waals surface area contributed by atoms with Gasteiger partial charge in [0.1, 0.15) is 0 Å². The van der Waals surface area contributed by atoms with Gasteiger partial charge >= 0.3 is 0 Å². The predicted octanol–water partition coefficient (Wildman–Crippen LogP) is 5.05. The van der Waals surface area contributed by atoms with Gasteiger partial charge in [-0.1, -0.05) is 48.5 Å². The lowest BCUT2D eigenvalue weighted by Crippen LogP contribution is -2.51. The summed E-state index contributed by atoms with van der Waals surface area (Å²) in [5, 5.41) is 0. The molecule has 0 aromatic rings. The third-order valence-corrected chi connectivity index (χ3v) is 7.64. The molecule has 0 heterocycles. The molecule has 8 unspecified atom stereocenters. The van der Waals surface area contributed by atoms with Gasteiger partial charge in [0, 0.05) is 0 Å².